The van der Waals surface area contributed by atoms with Gasteiger partial charge < -0.3 is 14.7 Å². The van der Waals surface area contributed by atoms with Gasteiger partial charge in [0.15, 0.2) is 0 Å². The van der Waals surface area contributed by atoms with Crippen LogP contribution in [0.25, 0.3) is 0 Å². The Morgan fingerprint density at radius 2 is 1.68 bits per heavy atom. The van der Waals surface area contributed by atoms with Crippen molar-refractivity contribution >= 4 is 23.2 Å². The zero-order chi connectivity index (χ0) is 19.7. The van der Waals surface area contributed by atoms with Crippen molar-refractivity contribution in [2.45, 2.75) is 38.1 Å². The Morgan fingerprint density at radius 3 is 2.29 bits per heavy atom. The molecule has 8 nitrogen and oxygen atoms in total. The third-order valence-electron chi connectivity index (χ3n) is 6.29. The Balaban J connectivity index is 1.31. The first-order valence-electron chi connectivity index (χ1n) is 10.1. The molecule has 0 N–H and O–H groups in total. The number of nitro groups is 1. The summed E-state index contributed by atoms with van der Waals surface area (Å²) in [7, 11) is 0. The number of piperazine rings is 1. The van der Waals surface area contributed by atoms with Crippen LogP contribution in [0, 0.1) is 16.0 Å². The van der Waals surface area contributed by atoms with E-state index in [4.69, 9.17) is 0 Å². The molecule has 3 aliphatic rings. The van der Waals surface area contributed by atoms with Crippen molar-refractivity contribution in [2.24, 2.45) is 5.92 Å². The average molecular weight is 386 g/mol. The van der Waals surface area contributed by atoms with Crippen molar-refractivity contribution in [1.29, 1.82) is 0 Å². The molecule has 3 fully saturated rings. The summed E-state index contributed by atoms with van der Waals surface area (Å²) in [4.78, 5) is 41.6. The molecule has 1 aliphatic carbocycles. The molecular weight excluding hydrogens is 360 g/mol. The van der Waals surface area contributed by atoms with E-state index in [1.807, 2.05) is 9.80 Å². The van der Waals surface area contributed by atoms with Crippen LogP contribution < -0.4 is 4.90 Å². The minimum Gasteiger partial charge on any atom is -0.368 e. The summed E-state index contributed by atoms with van der Waals surface area (Å²) in [6, 6.07) is 6.86. The maximum atomic E-state index is 12.9. The molecule has 0 spiro atoms. The van der Waals surface area contributed by atoms with Gasteiger partial charge >= 0.3 is 0 Å². The number of carbonyl (C=O) groups is 2. The zero-order valence-electron chi connectivity index (χ0n) is 16.0. The van der Waals surface area contributed by atoms with Gasteiger partial charge in [-0.25, -0.2) is 0 Å². The number of anilines is 1. The van der Waals surface area contributed by atoms with Gasteiger partial charge in [-0.3, -0.25) is 19.7 Å². The molecule has 1 aromatic rings. The average Bonchev–Trinajstić information content (AvgIpc) is 3.37. The number of rotatable bonds is 4. The van der Waals surface area contributed by atoms with E-state index >= 15 is 0 Å². The molecule has 8 heteroatoms. The van der Waals surface area contributed by atoms with Gasteiger partial charge in [-0.05, 0) is 25.0 Å². The summed E-state index contributed by atoms with van der Waals surface area (Å²) in [5.74, 6) is 0.0194. The summed E-state index contributed by atoms with van der Waals surface area (Å²) in [6.07, 6.45) is 4.84. The van der Waals surface area contributed by atoms with Crippen molar-refractivity contribution in [3.8, 4) is 0 Å². The van der Waals surface area contributed by atoms with Gasteiger partial charge in [-0.2, -0.15) is 0 Å². The molecule has 0 radical (unpaired) electrons. The number of benzene rings is 1. The SMILES string of the molecule is O=C(C1CC(=O)N(C2CCCC2)C1)N1CCN(c2ccc([N+](=O)[O-])cc2)CC1. The van der Waals surface area contributed by atoms with Crippen LogP contribution in [0.2, 0.25) is 0 Å². The number of nitro benzene ring substituents is 1. The highest BCUT2D eigenvalue weighted by Crippen LogP contribution is 2.30. The molecule has 2 amide bonds. The van der Waals surface area contributed by atoms with Crippen molar-refractivity contribution in [3.05, 3.63) is 34.4 Å². The van der Waals surface area contributed by atoms with Crippen LogP contribution in [0.15, 0.2) is 24.3 Å². The molecule has 2 heterocycles. The topological polar surface area (TPSA) is 87.0 Å². The standard InChI is InChI=1S/C20H26N4O4/c25-19-13-15(14-23(19)17-3-1-2-4-17)20(26)22-11-9-21(10-12-22)16-5-7-18(8-6-16)24(27)28/h5-8,15,17H,1-4,9-14H2. The first-order valence-corrected chi connectivity index (χ1v) is 10.1. The fourth-order valence-corrected chi connectivity index (χ4v) is 4.69. The highest BCUT2D eigenvalue weighted by Gasteiger charge is 2.40. The Kier molecular flexibility index (Phi) is 5.19. The summed E-state index contributed by atoms with van der Waals surface area (Å²) in [6.45, 7) is 3.19. The number of non-ortho nitro benzene ring substituents is 1. The highest BCUT2D eigenvalue weighted by atomic mass is 16.6. The molecule has 0 aromatic heterocycles. The largest absolute Gasteiger partial charge is 0.368 e. The van der Waals surface area contributed by atoms with Crippen molar-refractivity contribution in [3.63, 3.8) is 0 Å². The Hall–Kier alpha value is -2.64. The lowest BCUT2D eigenvalue weighted by Crippen LogP contribution is -2.50. The molecule has 28 heavy (non-hydrogen) atoms. The highest BCUT2D eigenvalue weighted by molar-refractivity contribution is 5.89. The Morgan fingerprint density at radius 1 is 1.04 bits per heavy atom. The van der Waals surface area contributed by atoms with Gasteiger partial charge in [-0.1, -0.05) is 12.8 Å². The Labute approximate surface area is 164 Å². The quantitative estimate of drug-likeness (QED) is 0.584. The summed E-state index contributed by atoms with van der Waals surface area (Å²) < 4.78 is 0. The number of likely N-dealkylation sites (tertiary alicyclic amines) is 1. The molecule has 150 valence electrons. The monoisotopic (exact) mass is 386 g/mol. The van der Waals surface area contributed by atoms with Crippen molar-refractivity contribution < 1.29 is 14.5 Å². The third kappa shape index (κ3) is 3.68. The number of hydrogen-bond acceptors (Lipinski definition) is 5. The van der Waals surface area contributed by atoms with Crippen LogP contribution in [0.5, 0.6) is 0 Å². The fraction of sp³-hybridized carbons (Fsp3) is 0.600. The van der Waals surface area contributed by atoms with Crippen molar-refractivity contribution in [1.82, 2.24) is 9.80 Å². The summed E-state index contributed by atoms with van der Waals surface area (Å²) in [5.41, 5.74) is 1.01. The van der Waals surface area contributed by atoms with Gasteiger partial charge in [-0.15, -0.1) is 0 Å². The lowest BCUT2D eigenvalue weighted by atomic mass is 10.1. The first kappa shape index (κ1) is 18.7. The minimum absolute atomic E-state index is 0.0790. The molecular formula is C20H26N4O4. The number of carbonyl (C=O) groups excluding carboxylic acids is 2. The third-order valence-corrected chi connectivity index (χ3v) is 6.29. The normalized spacial score (nSPS) is 23.5. The fourth-order valence-electron chi connectivity index (χ4n) is 4.69. The van der Waals surface area contributed by atoms with Crippen LogP contribution in [-0.4, -0.2) is 65.3 Å². The maximum absolute atomic E-state index is 12.9. The van der Waals surface area contributed by atoms with E-state index in [2.05, 4.69) is 4.90 Å². The maximum Gasteiger partial charge on any atom is 0.269 e. The lowest BCUT2D eigenvalue weighted by Gasteiger charge is -2.37. The molecule has 1 saturated carbocycles. The van der Waals surface area contributed by atoms with Crippen molar-refractivity contribution in [2.75, 3.05) is 37.6 Å². The van der Waals surface area contributed by atoms with Crippen LogP contribution in [0.4, 0.5) is 11.4 Å². The molecule has 1 aromatic carbocycles. The first-order chi connectivity index (χ1) is 13.5. The van der Waals surface area contributed by atoms with E-state index in [1.165, 1.54) is 25.0 Å². The van der Waals surface area contributed by atoms with Crippen LogP contribution in [-0.2, 0) is 9.59 Å². The molecule has 0 bridgehead atoms. The van der Waals surface area contributed by atoms with E-state index in [0.29, 0.717) is 45.2 Å². The van der Waals surface area contributed by atoms with E-state index < -0.39 is 4.92 Å². The summed E-state index contributed by atoms with van der Waals surface area (Å²) >= 11 is 0. The second-order valence-electron chi connectivity index (χ2n) is 7.97. The molecule has 4 rings (SSSR count). The number of amides is 2. The number of nitrogens with zero attached hydrogens (tertiary/aromatic N) is 4. The zero-order valence-corrected chi connectivity index (χ0v) is 16.0. The van der Waals surface area contributed by atoms with E-state index in [9.17, 15) is 19.7 Å². The Bertz CT molecular complexity index is 752. The second-order valence-corrected chi connectivity index (χ2v) is 7.97. The smallest absolute Gasteiger partial charge is 0.269 e. The van der Waals surface area contributed by atoms with Crippen LogP contribution in [0.1, 0.15) is 32.1 Å². The van der Waals surface area contributed by atoms with Crippen LogP contribution in [0.3, 0.4) is 0 Å². The molecule has 1 atom stereocenters. The van der Waals surface area contributed by atoms with E-state index in [-0.39, 0.29) is 23.4 Å². The lowest BCUT2D eigenvalue weighted by molar-refractivity contribution is -0.384. The van der Waals surface area contributed by atoms with Gasteiger partial charge in [0.25, 0.3) is 5.69 Å². The van der Waals surface area contributed by atoms with Gasteiger partial charge in [0.05, 0.1) is 10.8 Å². The summed E-state index contributed by atoms with van der Waals surface area (Å²) in [5, 5.41) is 10.8. The molecule has 1 unspecified atom stereocenters. The van der Waals surface area contributed by atoms with Gasteiger partial charge in [0, 0.05) is 63.0 Å². The van der Waals surface area contributed by atoms with E-state index in [0.717, 1.165) is 18.5 Å². The van der Waals surface area contributed by atoms with Crippen LogP contribution >= 0.6 is 0 Å². The second kappa shape index (κ2) is 7.77. The predicted molar refractivity (Wildman–Crippen MR) is 104 cm³/mol. The molecule has 2 aliphatic heterocycles. The number of hydrogen-bond donors (Lipinski definition) is 0. The van der Waals surface area contributed by atoms with Gasteiger partial charge in [0.1, 0.15) is 0 Å². The predicted octanol–water partition coefficient (Wildman–Crippen LogP) is 2.03. The van der Waals surface area contributed by atoms with E-state index in [1.54, 1.807) is 12.1 Å². The molecule has 2 saturated heterocycles. The minimum atomic E-state index is -0.405. The van der Waals surface area contributed by atoms with Gasteiger partial charge in [0.2, 0.25) is 11.8 Å².